The van der Waals surface area contributed by atoms with Crippen molar-refractivity contribution in [1.82, 2.24) is 14.8 Å². The van der Waals surface area contributed by atoms with Gasteiger partial charge in [0.05, 0.1) is 17.7 Å². The molecule has 2 heterocycles. The minimum absolute atomic E-state index is 0.105. The summed E-state index contributed by atoms with van der Waals surface area (Å²) < 4.78 is 38.1. The van der Waals surface area contributed by atoms with Crippen LogP contribution in [0.2, 0.25) is 0 Å². The zero-order chi connectivity index (χ0) is 26.0. The number of rotatable bonds is 9. The van der Waals surface area contributed by atoms with Crippen LogP contribution < -0.4 is 13.8 Å². The molecule has 0 bridgehead atoms. The number of Topliss-reactive ketones (excluding diaryl/α,β-unsaturated/α-hetero) is 1. The number of aromatic nitrogens is 3. The van der Waals surface area contributed by atoms with Gasteiger partial charge >= 0.3 is 0 Å². The topological polar surface area (TPSA) is 104 Å². The van der Waals surface area contributed by atoms with Gasteiger partial charge in [-0.1, -0.05) is 30.0 Å². The van der Waals surface area contributed by atoms with Crippen molar-refractivity contribution in [3.05, 3.63) is 78.4 Å². The third kappa shape index (κ3) is 5.18. The molecular formula is C26H24N4O5S2. The lowest BCUT2D eigenvalue weighted by molar-refractivity contribution is 0.102. The van der Waals surface area contributed by atoms with Crippen molar-refractivity contribution in [2.75, 3.05) is 29.7 Å². The zero-order valence-electron chi connectivity index (χ0n) is 20.2. The van der Waals surface area contributed by atoms with E-state index in [4.69, 9.17) is 9.47 Å². The second kappa shape index (κ2) is 10.3. The van der Waals surface area contributed by atoms with E-state index in [0.29, 0.717) is 40.3 Å². The van der Waals surface area contributed by atoms with Gasteiger partial charge in [0.25, 0.3) is 0 Å². The first-order valence-electron chi connectivity index (χ1n) is 11.5. The van der Waals surface area contributed by atoms with Crippen LogP contribution in [0, 0.1) is 0 Å². The van der Waals surface area contributed by atoms with Crippen LogP contribution in [-0.2, 0) is 10.0 Å². The maximum atomic E-state index is 13.0. The van der Waals surface area contributed by atoms with Gasteiger partial charge in [0, 0.05) is 23.4 Å². The number of hydrogen-bond donors (Lipinski definition) is 0. The van der Waals surface area contributed by atoms with Gasteiger partial charge in [-0.05, 0) is 61.5 Å². The predicted octanol–water partition coefficient (Wildman–Crippen LogP) is 4.42. The van der Waals surface area contributed by atoms with Crippen molar-refractivity contribution in [2.45, 2.75) is 12.1 Å². The van der Waals surface area contributed by atoms with Crippen molar-refractivity contribution >= 4 is 33.3 Å². The first kappa shape index (κ1) is 24.8. The Kier molecular flexibility index (Phi) is 6.90. The summed E-state index contributed by atoms with van der Waals surface area (Å²) in [6.45, 7) is 2.25. The molecule has 0 atom stereocenters. The molecule has 5 rings (SSSR count). The molecule has 11 heteroatoms. The van der Waals surface area contributed by atoms with E-state index < -0.39 is 10.0 Å². The Morgan fingerprint density at radius 3 is 2.43 bits per heavy atom. The summed E-state index contributed by atoms with van der Waals surface area (Å²) in [5.41, 5.74) is 2.68. The summed E-state index contributed by atoms with van der Waals surface area (Å²) in [5.74, 6) is 1.97. The average Bonchev–Trinajstić information content (AvgIpc) is 3.54. The molecule has 1 aliphatic heterocycles. The molecule has 0 aliphatic carbocycles. The zero-order valence-corrected chi connectivity index (χ0v) is 21.8. The number of anilines is 1. The highest BCUT2D eigenvalue weighted by Crippen LogP contribution is 2.37. The van der Waals surface area contributed by atoms with Crippen molar-refractivity contribution in [1.29, 1.82) is 0 Å². The standard InChI is InChI=1S/C26H24N4O5S2/c1-3-29(37(2,32)33)20-12-9-18(10-13-20)22(31)16-36-26-28-27-25(30(26)21-7-5-4-6-8-21)19-11-14-23-24(15-19)35-17-34-23/h4-15H,3,16-17H2,1-2H3. The second-order valence-electron chi connectivity index (χ2n) is 8.23. The van der Waals surface area contributed by atoms with E-state index in [9.17, 15) is 13.2 Å². The minimum Gasteiger partial charge on any atom is -0.454 e. The number of para-hydroxylation sites is 1. The highest BCUT2D eigenvalue weighted by Gasteiger charge is 2.21. The summed E-state index contributed by atoms with van der Waals surface area (Å²) in [6.07, 6.45) is 1.16. The van der Waals surface area contributed by atoms with E-state index in [1.165, 1.54) is 16.1 Å². The fourth-order valence-electron chi connectivity index (χ4n) is 4.03. The van der Waals surface area contributed by atoms with E-state index in [2.05, 4.69) is 10.2 Å². The first-order chi connectivity index (χ1) is 17.8. The van der Waals surface area contributed by atoms with Crippen LogP contribution in [0.3, 0.4) is 0 Å². The summed E-state index contributed by atoms with van der Waals surface area (Å²) in [6, 6.07) is 21.9. The monoisotopic (exact) mass is 536 g/mol. The molecule has 1 aliphatic rings. The number of ketones is 1. The van der Waals surface area contributed by atoms with E-state index in [0.717, 1.165) is 17.5 Å². The lowest BCUT2D eigenvalue weighted by Gasteiger charge is -2.20. The molecule has 190 valence electrons. The molecular weight excluding hydrogens is 512 g/mol. The molecule has 1 aromatic heterocycles. The van der Waals surface area contributed by atoms with E-state index in [1.807, 2.05) is 53.1 Å². The van der Waals surface area contributed by atoms with Gasteiger partial charge in [-0.15, -0.1) is 10.2 Å². The molecule has 0 N–H and O–H groups in total. The highest BCUT2D eigenvalue weighted by atomic mass is 32.2. The third-order valence-electron chi connectivity index (χ3n) is 5.78. The van der Waals surface area contributed by atoms with Gasteiger partial charge < -0.3 is 9.47 Å². The van der Waals surface area contributed by atoms with Gasteiger partial charge in [-0.25, -0.2) is 8.42 Å². The molecule has 9 nitrogen and oxygen atoms in total. The Morgan fingerprint density at radius 2 is 1.73 bits per heavy atom. The molecule has 0 fully saturated rings. The number of nitrogens with zero attached hydrogens (tertiary/aromatic N) is 4. The molecule has 0 saturated heterocycles. The molecule has 0 radical (unpaired) electrons. The van der Waals surface area contributed by atoms with Gasteiger partial charge in [-0.3, -0.25) is 13.7 Å². The van der Waals surface area contributed by atoms with Crippen LogP contribution in [0.15, 0.2) is 78.0 Å². The first-order valence-corrected chi connectivity index (χ1v) is 14.3. The van der Waals surface area contributed by atoms with Crippen molar-refractivity contribution < 1.29 is 22.7 Å². The number of fused-ring (bicyclic) bond motifs is 1. The van der Waals surface area contributed by atoms with Gasteiger partial charge in [0.15, 0.2) is 28.3 Å². The van der Waals surface area contributed by atoms with Crippen molar-refractivity contribution in [3.63, 3.8) is 0 Å². The van der Waals surface area contributed by atoms with Crippen LogP contribution in [-0.4, -0.2) is 54.3 Å². The van der Waals surface area contributed by atoms with Crippen LogP contribution in [0.5, 0.6) is 11.5 Å². The fourth-order valence-corrected chi connectivity index (χ4v) is 5.85. The van der Waals surface area contributed by atoms with Gasteiger partial charge in [0.2, 0.25) is 16.8 Å². The summed E-state index contributed by atoms with van der Waals surface area (Å²) in [5, 5.41) is 9.37. The number of thioether (sulfide) groups is 1. The summed E-state index contributed by atoms with van der Waals surface area (Å²) in [7, 11) is -3.39. The lowest BCUT2D eigenvalue weighted by Crippen LogP contribution is -2.29. The Balaban J connectivity index is 1.39. The summed E-state index contributed by atoms with van der Waals surface area (Å²) in [4.78, 5) is 13.0. The largest absolute Gasteiger partial charge is 0.454 e. The fraction of sp³-hybridized carbons (Fsp3) is 0.192. The minimum atomic E-state index is -3.39. The number of ether oxygens (including phenoxy) is 2. The van der Waals surface area contributed by atoms with Crippen molar-refractivity contribution in [3.8, 4) is 28.6 Å². The van der Waals surface area contributed by atoms with Crippen LogP contribution in [0.4, 0.5) is 5.69 Å². The maximum absolute atomic E-state index is 13.0. The quantitative estimate of drug-likeness (QED) is 0.229. The van der Waals surface area contributed by atoms with Crippen molar-refractivity contribution in [2.24, 2.45) is 0 Å². The third-order valence-corrected chi connectivity index (χ3v) is 7.97. The normalized spacial score (nSPS) is 12.5. The Bertz CT molecular complexity index is 1540. The molecule has 0 spiro atoms. The molecule has 3 aromatic carbocycles. The van der Waals surface area contributed by atoms with Gasteiger partial charge in [0.1, 0.15) is 0 Å². The van der Waals surface area contributed by atoms with Gasteiger partial charge in [-0.2, -0.15) is 0 Å². The summed E-state index contributed by atoms with van der Waals surface area (Å²) >= 11 is 1.28. The van der Waals surface area contributed by atoms with E-state index in [-0.39, 0.29) is 18.3 Å². The number of carbonyl (C=O) groups is 1. The number of carbonyl (C=O) groups excluding carboxylic acids is 1. The predicted molar refractivity (Wildman–Crippen MR) is 142 cm³/mol. The average molecular weight is 537 g/mol. The number of benzene rings is 3. The Morgan fingerprint density at radius 1 is 1.00 bits per heavy atom. The molecule has 0 saturated carbocycles. The van der Waals surface area contributed by atoms with E-state index >= 15 is 0 Å². The molecule has 0 amide bonds. The highest BCUT2D eigenvalue weighted by molar-refractivity contribution is 7.99. The number of sulfonamides is 1. The number of hydrogen-bond acceptors (Lipinski definition) is 8. The molecule has 0 unspecified atom stereocenters. The smallest absolute Gasteiger partial charge is 0.232 e. The lowest BCUT2D eigenvalue weighted by atomic mass is 10.1. The second-order valence-corrected chi connectivity index (χ2v) is 11.1. The Labute approximate surface area is 219 Å². The van der Waals surface area contributed by atoms with E-state index in [1.54, 1.807) is 31.2 Å². The van der Waals surface area contributed by atoms with Crippen LogP contribution >= 0.6 is 11.8 Å². The molecule has 37 heavy (non-hydrogen) atoms. The molecule has 4 aromatic rings. The SMILES string of the molecule is CCN(c1ccc(C(=O)CSc2nnc(-c3ccc4c(c3)OCO4)n2-c2ccccc2)cc1)S(C)(=O)=O. The van der Waals surface area contributed by atoms with Crippen LogP contribution in [0.1, 0.15) is 17.3 Å². The van der Waals surface area contributed by atoms with Crippen LogP contribution in [0.25, 0.3) is 17.1 Å². The Hall–Kier alpha value is -3.83. The maximum Gasteiger partial charge on any atom is 0.232 e.